The zero-order chi connectivity index (χ0) is 7.49. The van der Waals surface area contributed by atoms with Crippen molar-refractivity contribution in [1.82, 2.24) is 0 Å². The molecule has 0 aromatic carbocycles. The van der Waals surface area contributed by atoms with Crippen LogP contribution in [0.15, 0.2) is 0 Å². The van der Waals surface area contributed by atoms with Gasteiger partial charge in [-0.25, -0.2) is 0 Å². The van der Waals surface area contributed by atoms with Gasteiger partial charge in [-0.15, -0.1) is 0 Å². The largest absolute Gasteiger partial charge is 0.0893 e. The first-order valence-electron chi connectivity index (χ1n) is 3.62. The van der Waals surface area contributed by atoms with E-state index in [1.54, 1.807) is 0 Å². The maximum atomic E-state index is 3.55. The van der Waals surface area contributed by atoms with Gasteiger partial charge in [0.25, 0.3) is 0 Å². The lowest BCUT2D eigenvalue weighted by atomic mass is 9.85. The maximum absolute atomic E-state index is 3.55. The molecule has 0 bridgehead atoms. The van der Waals surface area contributed by atoms with Gasteiger partial charge in [0.15, 0.2) is 0 Å². The molecule has 0 saturated carbocycles. The molecule has 1 unspecified atom stereocenters. The van der Waals surface area contributed by atoms with Crippen LogP contribution < -0.4 is 0 Å². The maximum Gasteiger partial charge on any atom is 0.0122 e. The van der Waals surface area contributed by atoms with E-state index in [4.69, 9.17) is 0 Å². The van der Waals surface area contributed by atoms with E-state index in [-0.39, 0.29) is 0 Å². The van der Waals surface area contributed by atoms with E-state index in [1.807, 2.05) is 0 Å². The summed E-state index contributed by atoms with van der Waals surface area (Å²) in [5.41, 5.74) is 0.517. The Hall–Kier alpha value is 0.480. The summed E-state index contributed by atoms with van der Waals surface area (Å²) in [5, 5.41) is 0. The number of alkyl halides is 1. The summed E-state index contributed by atoms with van der Waals surface area (Å²) in [7, 11) is 0. The molecule has 0 amide bonds. The van der Waals surface area contributed by atoms with E-state index < -0.39 is 0 Å². The molecule has 0 saturated heterocycles. The molecule has 0 N–H and O–H groups in total. The first kappa shape index (κ1) is 9.48. The minimum Gasteiger partial charge on any atom is -0.0893 e. The molecule has 0 radical (unpaired) electrons. The van der Waals surface area contributed by atoms with Crippen LogP contribution in [0.4, 0.5) is 0 Å². The highest BCUT2D eigenvalue weighted by Gasteiger charge is 2.16. The summed E-state index contributed by atoms with van der Waals surface area (Å²) >= 11 is 3.55. The number of hydrogen-bond acceptors (Lipinski definition) is 0. The summed E-state index contributed by atoms with van der Waals surface area (Å²) in [5.74, 6) is 0. The van der Waals surface area contributed by atoms with Crippen LogP contribution >= 0.6 is 15.9 Å². The molecule has 0 aliphatic carbocycles. The van der Waals surface area contributed by atoms with Crippen LogP contribution in [0.2, 0.25) is 0 Å². The van der Waals surface area contributed by atoms with Crippen molar-refractivity contribution in [3.8, 4) is 0 Å². The fourth-order valence-electron chi connectivity index (χ4n) is 0.906. The van der Waals surface area contributed by atoms with Crippen molar-refractivity contribution in [2.24, 2.45) is 5.41 Å². The third-order valence-corrected chi connectivity index (χ3v) is 2.11. The van der Waals surface area contributed by atoms with Gasteiger partial charge in [-0.3, -0.25) is 0 Å². The second kappa shape index (κ2) is 3.60. The highest BCUT2D eigenvalue weighted by Crippen LogP contribution is 2.28. The number of hydrogen-bond donors (Lipinski definition) is 0. The zero-order valence-electron chi connectivity index (χ0n) is 6.87. The van der Waals surface area contributed by atoms with E-state index in [9.17, 15) is 0 Å². The highest BCUT2D eigenvalue weighted by atomic mass is 79.9. The van der Waals surface area contributed by atoms with E-state index in [0.717, 1.165) is 0 Å². The molecule has 1 heteroatoms. The molecular formula is C8H17Br. The van der Waals surface area contributed by atoms with Crippen LogP contribution in [-0.4, -0.2) is 4.83 Å². The Morgan fingerprint density at radius 1 is 1.44 bits per heavy atom. The summed E-state index contributed by atoms with van der Waals surface area (Å²) in [6, 6.07) is 0. The molecule has 56 valence electrons. The summed E-state index contributed by atoms with van der Waals surface area (Å²) in [6.07, 6.45) is 2.53. The molecule has 9 heavy (non-hydrogen) atoms. The van der Waals surface area contributed by atoms with Crippen molar-refractivity contribution >= 4 is 15.9 Å². The Morgan fingerprint density at radius 2 is 1.89 bits per heavy atom. The molecule has 0 heterocycles. The molecule has 1 atom stereocenters. The van der Waals surface area contributed by atoms with Gasteiger partial charge in [-0.05, 0) is 11.8 Å². The normalized spacial score (nSPS) is 15.7. The zero-order valence-corrected chi connectivity index (χ0v) is 8.46. The fraction of sp³-hybridized carbons (Fsp3) is 1.00. The van der Waals surface area contributed by atoms with Crippen molar-refractivity contribution in [3.05, 3.63) is 0 Å². The third-order valence-electron chi connectivity index (χ3n) is 1.79. The van der Waals surface area contributed by atoms with Crippen molar-refractivity contribution in [3.63, 3.8) is 0 Å². The SMILES string of the molecule is CCC(C)(C)CC(C)Br. The predicted molar refractivity (Wildman–Crippen MR) is 47.1 cm³/mol. The Kier molecular flexibility index (Phi) is 3.79. The van der Waals surface area contributed by atoms with Crippen LogP contribution in [0.25, 0.3) is 0 Å². The highest BCUT2D eigenvalue weighted by molar-refractivity contribution is 9.09. The Labute approximate surface area is 67.2 Å². The van der Waals surface area contributed by atoms with E-state index in [2.05, 4.69) is 43.6 Å². The lowest BCUT2D eigenvalue weighted by molar-refractivity contribution is 0.324. The fourth-order valence-corrected chi connectivity index (χ4v) is 1.78. The summed E-state index contributed by atoms with van der Waals surface area (Å²) in [6.45, 7) is 9.07. The average Bonchev–Trinajstić information content (AvgIpc) is 1.63. The van der Waals surface area contributed by atoms with Gasteiger partial charge < -0.3 is 0 Å². The third kappa shape index (κ3) is 4.95. The topological polar surface area (TPSA) is 0 Å². The minimum absolute atomic E-state index is 0.517. The van der Waals surface area contributed by atoms with Crippen molar-refractivity contribution < 1.29 is 0 Å². The molecule has 0 aliphatic rings. The van der Waals surface area contributed by atoms with Gasteiger partial charge in [0, 0.05) is 4.83 Å². The smallest absolute Gasteiger partial charge is 0.0122 e. The first-order valence-corrected chi connectivity index (χ1v) is 4.53. The summed E-state index contributed by atoms with van der Waals surface area (Å²) in [4.78, 5) is 0.660. The van der Waals surface area contributed by atoms with Gasteiger partial charge >= 0.3 is 0 Å². The second-order valence-electron chi connectivity index (χ2n) is 3.50. The van der Waals surface area contributed by atoms with Crippen LogP contribution in [0.5, 0.6) is 0 Å². The molecule has 0 rings (SSSR count). The van der Waals surface area contributed by atoms with Gasteiger partial charge in [0.2, 0.25) is 0 Å². The Bertz CT molecular complexity index is 74.6. The lowest BCUT2D eigenvalue weighted by Gasteiger charge is -2.23. The van der Waals surface area contributed by atoms with Crippen LogP contribution in [0.1, 0.15) is 40.5 Å². The minimum atomic E-state index is 0.517. The van der Waals surface area contributed by atoms with Gasteiger partial charge in [0.05, 0.1) is 0 Å². The predicted octanol–water partition coefficient (Wildman–Crippen LogP) is 3.60. The molecule has 0 aliphatic heterocycles. The van der Waals surface area contributed by atoms with Crippen molar-refractivity contribution in [1.29, 1.82) is 0 Å². The van der Waals surface area contributed by atoms with Crippen molar-refractivity contribution in [2.75, 3.05) is 0 Å². The molecule has 0 fully saturated rings. The van der Waals surface area contributed by atoms with Crippen LogP contribution in [0.3, 0.4) is 0 Å². The molecule has 0 aromatic rings. The van der Waals surface area contributed by atoms with Gasteiger partial charge in [0.1, 0.15) is 0 Å². The molecule has 0 spiro atoms. The second-order valence-corrected chi connectivity index (χ2v) is 5.07. The molecule has 0 nitrogen and oxygen atoms in total. The average molecular weight is 193 g/mol. The van der Waals surface area contributed by atoms with Gasteiger partial charge in [-0.1, -0.05) is 50.0 Å². The first-order chi connectivity index (χ1) is 3.98. The van der Waals surface area contributed by atoms with E-state index in [0.29, 0.717) is 10.2 Å². The number of halogens is 1. The Balaban J connectivity index is 3.58. The Morgan fingerprint density at radius 3 is 2.00 bits per heavy atom. The molecule has 0 aromatic heterocycles. The standard InChI is InChI=1S/C8H17Br/c1-5-8(3,4)6-7(2)9/h7H,5-6H2,1-4H3. The van der Waals surface area contributed by atoms with E-state index in [1.165, 1.54) is 12.8 Å². The van der Waals surface area contributed by atoms with E-state index >= 15 is 0 Å². The van der Waals surface area contributed by atoms with Gasteiger partial charge in [-0.2, -0.15) is 0 Å². The van der Waals surface area contributed by atoms with Crippen LogP contribution in [-0.2, 0) is 0 Å². The molecular weight excluding hydrogens is 176 g/mol. The van der Waals surface area contributed by atoms with Crippen molar-refractivity contribution in [2.45, 2.75) is 45.4 Å². The van der Waals surface area contributed by atoms with Crippen LogP contribution in [0, 0.1) is 5.41 Å². The monoisotopic (exact) mass is 192 g/mol. The number of rotatable bonds is 3. The summed E-state index contributed by atoms with van der Waals surface area (Å²) < 4.78 is 0. The lowest BCUT2D eigenvalue weighted by Crippen LogP contribution is -2.13. The quantitative estimate of drug-likeness (QED) is 0.600.